The van der Waals surface area contributed by atoms with Crippen LogP contribution in [0.5, 0.6) is 0 Å². The van der Waals surface area contributed by atoms with Crippen molar-refractivity contribution < 1.29 is 9.32 Å². The van der Waals surface area contributed by atoms with Gasteiger partial charge in [-0.05, 0) is 20.8 Å². The number of nitrogens with zero attached hydrogens (tertiary/aromatic N) is 3. The smallest absolute Gasteiger partial charge is 0.260 e. The molecule has 0 atom stereocenters. The second kappa shape index (κ2) is 4.60. The second-order valence-corrected chi connectivity index (χ2v) is 3.48. The molecule has 0 radical (unpaired) electrons. The quantitative estimate of drug-likeness (QED) is 0.701. The van der Waals surface area contributed by atoms with Gasteiger partial charge in [0.25, 0.3) is 5.91 Å². The molecular formula is C10H13N3O2. The fraction of sp³-hybridized carbons (Fsp3) is 0.500. The predicted molar refractivity (Wildman–Crippen MR) is 53.0 cm³/mol. The van der Waals surface area contributed by atoms with E-state index >= 15 is 0 Å². The van der Waals surface area contributed by atoms with Gasteiger partial charge < -0.3 is 9.42 Å². The van der Waals surface area contributed by atoms with Crippen molar-refractivity contribution in [3.8, 4) is 6.07 Å². The van der Waals surface area contributed by atoms with Crippen LogP contribution in [0.25, 0.3) is 0 Å². The summed E-state index contributed by atoms with van der Waals surface area (Å²) in [5.41, 5.74) is 0.416. The molecule has 0 spiro atoms. The van der Waals surface area contributed by atoms with Crippen molar-refractivity contribution in [1.82, 2.24) is 10.1 Å². The maximum atomic E-state index is 11.9. The first-order valence-corrected chi connectivity index (χ1v) is 4.67. The van der Waals surface area contributed by atoms with Crippen molar-refractivity contribution in [1.29, 1.82) is 5.26 Å². The van der Waals surface area contributed by atoms with Crippen molar-refractivity contribution >= 4 is 5.91 Å². The summed E-state index contributed by atoms with van der Waals surface area (Å²) in [6.45, 7) is 5.46. The highest BCUT2D eigenvalue weighted by atomic mass is 16.5. The number of hydrogen-bond donors (Lipinski definition) is 0. The van der Waals surface area contributed by atoms with Crippen molar-refractivity contribution in [3.63, 3.8) is 0 Å². The van der Waals surface area contributed by atoms with E-state index in [-0.39, 0.29) is 18.5 Å². The Morgan fingerprint density at radius 2 is 2.40 bits per heavy atom. The zero-order chi connectivity index (χ0) is 11.4. The lowest BCUT2D eigenvalue weighted by molar-refractivity contribution is 0.0729. The van der Waals surface area contributed by atoms with E-state index in [0.717, 1.165) is 0 Å². The number of nitriles is 1. The van der Waals surface area contributed by atoms with E-state index in [0.29, 0.717) is 11.3 Å². The van der Waals surface area contributed by atoms with E-state index < -0.39 is 0 Å². The monoisotopic (exact) mass is 207 g/mol. The Hall–Kier alpha value is -1.83. The third-order valence-electron chi connectivity index (χ3n) is 2.11. The summed E-state index contributed by atoms with van der Waals surface area (Å²) in [5, 5.41) is 12.2. The number of carbonyl (C=O) groups excluding carboxylic acids is 1. The van der Waals surface area contributed by atoms with Gasteiger partial charge in [0.15, 0.2) is 0 Å². The topological polar surface area (TPSA) is 70.1 Å². The highest BCUT2D eigenvalue weighted by molar-refractivity contribution is 5.95. The Bertz CT molecular complexity index is 390. The van der Waals surface area contributed by atoms with Crippen LogP contribution in [0.2, 0.25) is 0 Å². The van der Waals surface area contributed by atoms with Gasteiger partial charge in [-0.15, -0.1) is 0 Å². The lowest BCUT2D eigenvalue weighted by Crippen LogP contribution is -2.37. The SMILES string of the molecule is Cc1oncc1C(=O)N(CC#N)C(C)C. The Morgan fingerprint density at radius 1 is 1.73 bits per heavy atom. The Kier molecular flexibility index (Phi) is 3.45. The molecular weight excluding hydrogens is 194 g/mol. The fourth-order valence-corrected chi connectivity index (χ4v) is 1.22. The molecule has 1 rings (SSSR count). The number of amides is 1. The van der Waals surface area contributed by atoms with Crippen LogP contribution < -0.4 is 0 Å². The minimum absolute atomic E-state index is 0.0218. The molecule has 5 nitrogen and oxygen atoms in total. The molecule has 1 heterocycles. The van der Waals surface area contributed by atoms with Crippen LogP contribution in [-0.2, 0) is 0 Å². The summed E-state index contributed by atoms with van der Waals surface area (Å²) >= 11 is 0. The standard InChI is InChI=1S/C10H13N3O2/c1-7(2)13(5-4-11)10(14)9-6-12-15-8(9)3/h6-7H,5H2,1-3H3. The van der Waals surface area contributed by atoms with Crippen LogP contribution >= 0.6 is 0 Å². The maximum Gasteiger partial charge on any atom is 0.260 e. The minimum Gasteiger partial charge on any atom is -0.361 e. The van der Waals surface area contributed by atoms with Crippen molar-refractivity contribution in [2.45, 2.75) is 26.8 Å². The molecule has 0 N–H and O–H groups in total. The second-order valence-electron chi connectivity index (χ2n) is 3.48. The minimum atomic E-state index is -0.217. The van der Waals surface area contributed by atoms with Gasteiger partial charge in [-0.2, -0.15) is 5.26 Å². The van der Waals surface area contributed by atoms with Crippen molar-refractivity contribution in [2.24, 2.45) is 0 Å². The van der Waals surface area contributed by atoms with Crippen LogP contribution in [0.1, 0.15) is 30.0 Å². The van der Waals surface area contributed by atoms with Crippen LogP contribution in [0.15, 0.2) is 10.7 Å². The molecule has 15 heavy (non-hydrogen) atoms. The molecule has 80 valence electrons. The molecule has 0 aliphatic carbocycles. The van der Waals surface area contributed by atoms with Crippen molar-refractivity contribution in [2.75, 3.05) is 6.54 Å². The van der Waals surface area contributed by atoms with Gasteiger partial charge in [0.05, 0.1) is 12.3 Å². The predicted octanol–water partition coefficient (Wildman–Crippen LogP) is 1.36. The summed E-state index contributed by atoms with van der Waals surface area (Å²) < 4.78 is 4.81. The van der Waals surface area contributed by atoms with E-state index in [1.54, 1.807) is 6.92 Å². The Morgan fingerprint density at radius 3 is 2.80 bits per heavy atom. The first-order valence-electron chi connectivity index (χ1n) is 4.67. The van der Waals surface area contributed by atoms with Gasteiger partial charge in [0, 0.05) is 6.04 Å². The zero-order valence-corrected chi connectivity index (χ0v) is 9.02. The summed E-state index contributed by atoms with van der Waals surface area (Å²) in [7, 11) is 0. The van der Waals surface area contributed by atoms with E-state index in [1.165, 1.54) is 11.1 Å². The van der Waals surface area contributed by atoms with E-state index in [1.807, 2.05) is 19.9 Å². The number of rotatable bonds is 3. The van der Waals surface area contributed by atoms with Crippen LogP contribution in [0.3, 0.4) is 0 Å². The van der Waals surface area contributed by atoms with Gasteiger partial charge >= 0.3 is 0 Å². The molecule has 0 bridgehead atoms. The van der Waals surface area contributed by atoms with Crippen LogP contribution in [-0.4, -0.2) is 28.6 Å². The van der Waals surface area contributed by atoms with Crippen molar-refractivity contribution in [3.05, 3.63) is 17.5 Å². The van der Waals surface area contributed by atoms with Gasteiger partial charge in [-0.3, -0.25) is 4.79 Å². The van der Waals surface area contributed by atoms with Gasteiger partial charge in [0.2, 0.25) is 0 Å². The third-order valence-corrected chi connectivity index (χ3v) is 2.11. The zero-order valence-electron chi connectivity index (χ0n) is 9.02. The molecule has 1 amide bonds. The van der Waals surface area contributed by atoms with E-state index in [4.69, 9.17) is 9.78 Å². The lowest BCUT2D eigenvalue weighted by atomic mass is 10.2. The van der Waals surface area contributed by atoms with Crippen LogP contribution in [0.4, 0.5) is 0 Å². The fourth-order valence-electron chi connectivity index (χ4n) is 1.22. The molecule has 0 saturated carbocycles. The molecule has 0 saturated heterocycles. The number of carbonyl (C=O) groups is 1. The number of aromatic nitrogens is 1. The molecule has 1 aromatic heterocycles. The molecule has 0 aliphatic rings. The lowest BCUT2D eigenvalue weighted by Gasteiger charge is -2.23. The molecule has 1 aromatic rings. The molecule has 0 fully saturated rings. The van der Waals surface area contributed by atoms with Gasteiger partial charge in [-0.1, -0.05) is 5.16 Å². The van der Waals surface area contributed by atoms with Gasteiger partial charge in [-0.25, -0.2) is 0 Å². The summed E-state index contributed by atoms with van der Waals surface area (Å²) in [5.74, 6) is 0.258. The highest BCUT2D eigenvalue weighted by Gasteiger charge is 2.21. The highest BCUT2D eigenvalue weighted by Crippen LogP contribution is 2.11. The molecule has 5 heteroatoms. The third kappa shape index (κ3) is 2.34. The maximum absolute atomic E-state index is 11.9. The van der Waals surface area contributed by atoms with E-state index in [9.17, 15) is 4.79 Å². The summed E-state index contributed by atoms with van der Waals surface area (Å²) in [6, 6.07) is 1.94. The average Bonchev–Trinajstić information content (AvgIpc) is 2.59. The average molecular weight is 207 g/mol. The van der Waals surface area contributed by atoms with E-state index in [2.05, 4.69) is 5.16 Å². The Balaban J connectivity index is 2.92. The summed E-state index contributed by atoms with van der Waals surface area (Å²) in [6.07, 6.45) is 1.38. The molecule has 0 unspecified atom stereocenters. The first-order chi connectivity index (χ1) is 7.07. The normalized spacial score (nSPS) is 10.1. The number of aryl methyl sites for hydroxylation is 1. The molecule has 0 aromatic carbocycles. The largest absolute Gasteiger partial charge is 0.361 e. The summed E-state index contributed by atoms with van der Waals surface area (Å²) in [4.78, 5) is 13.4. The number of hydrogen-bond acceptors (Lipinski definition) is 4. The molecule has 0 aliphatic heterocycles. The Labute approximate surface area is 88.3 Å². The van der Waals surface area contributed by atoms with Crippen LogP contribution in [0, 0.1) is 18.3 Å². The first kappa shape index (κ1) is 11.2. The van der Waals surface area contributed by atoms with Gasteiger partial charge in [0.1, 0.15) is 17.9 Å².